The summed E-state index contributed by atoms with van der Waals surface area (Å²) in [5.74, 6) is -0.533. The molecule has 0 heterocycles. The molecule has 1 aliphatic rings. The summed E-state index contributed by atoms with van der Waals surface area (Å²) in [5, 5.41) is 0. The van der Waals surface area contributed by atoms with Gasteiger partial charge in [-0.3, -0.25) is 4.79 Å². The number of carbonyl (C=O) groups excluding carboxylic acids is 2. The van der Waals surface area contributed by atoms with Crippen molar-refractivity contribution in [3.63, 3.8) is 0 Å². The third-order valence-electron chi connectivity index (χ3n) is 4.44. The van der Waals surface area contributed by atoms with Gasteiger partial charge >= 0.3 is 5.97 Å². The maximum atomic E-state index is 11.1. The van der Waals surface area contributed by atoms with Crippen molar-refractivity contribution >= 4 is 12.3 Å². The molecule has 1 saturated carbocycles. The smallest absolute Gasteiger partial charge is 0.371 e. The van der Waals surface area contributed by atoms with E-state index in [-0.39, 0.29) is 18.3 Å². The van der Waals surface area contributed by atoms with Crippen LogP contribution >= 0.6 is 0 Å². The molecule has 2 atom stereocenters. The van der Waals surface area contributed by atoms with Crippen molar-refractivity contribution in [2.24, 2.45) is 5.92 Å². The van der Waals surface area contributed by atoms with Crippen LogP contribution in [0.15, 0.2) is 36.0 Å². The molecule has 0 bridgehead atoms. The minimum absolute atomic E-state index is 0.148. The lowest BCUT2D eigenvalue weighted by Crippen LogP contribution is -2.21. The first kappa shape index (κ1) is 20.4. The van der Waals surface area contributed by atoms with Gasteiger partial charge in [-0.25, -0.2) is 4.79 Å². The number of allylic oxidation sites excluding steroid dienone is 5. The molecule has 134 valence electrons. The molecule has 0 aromatic carbocycles. The molecular formula is C21H32O3. The second-order valence-electron chi connectivity index (χ2n) is 6.59. The van der Waals surface area contributed by atoms with Gasteiger partial charge in [-0.05, 0) is 39.0 Å². The summed E-state index contributed by atoms with van der Waals surface area (Å²) in [4.78, 5) is 21.5. The SMILES string of the molecule is CCCCCCC/C=C/C=C(C)/C=C/[C@H]1CCC[C@@H]1OC(=O)C=O. The highest BCUT2D eigenvalue weighted by Gasteiger charge is 2.28. The molecule has 0 saturated heterocycles. The van der Waals surface area contributed by atoms with E-state index < -0.39 is 5.97 Å². The average molecular weight is 332 g/mol. The molecule has 0 aromatic heterocycles. The molecular weight excluding hydrogens is 300 g/mol. The zero-order valence-corrected chi connectivity index (χ0v) is 15.2. The van der Waals surface area contributed by atoms with Crippen molar-refractivity contribution in [3.8, 4) is 0 Å². The fourth-order valence-electron chi connectivity index (χ4n) is 3.01. The highest BCUT2D eigenvalue weighted by atomic mass is 16.5. The molecule has 0 aliphatic heterocycles. The molecule has 0 N–H and O–H groups in total. The minimum atomic E-state index is -0.755. The topological polar surface area (TPSA) is 43.4 Å². The lowest BCUT2D eigenvalue weighted by atomic mass is 10.0. The molecule has 0 spiro atoms. The van der Waals surface area contributed by atoms with Crippen molar-refractivity contribution in [1.82, 2.24) is 0 Å². The third-order valence-corrected chi connectivity index (χ3v) is 4.44. The molecule has 0 unspecified atom stereocenters. The number of carbonyl (C=O) groups is 2. The summed E-state index contributed by atoms with van der Waals surface area (Å²) in [6.45, 7) is 4.31. The normalized spacial score (nSPS) is 21.7. The van der Waals surface area contributed by atoms with E-state index >= 15 is 0 Å². The molecule has 0 radical (unpaired) electrons. The van der Waals surface area contributed by atoms with Gasteiger partial charge in [0.15, 0.2) is 0 Å². The van der Waals surface area contributed by atoms with Crippen LogP contribution in [0, 0.1) is 5.92 Å². The maximum absolute atomic E-state index is 11.1. The van der Waals surface area contributed by atoms with Gasteiger partial charge in [-0.15, -0.1) is 0 Å². The number of aldehydes is 1. The zero-order valence-electron chi connectivity index (χ0n) is 15.2. The number of ether oxygens (including phenoxy) is 1. The maximum Gasteiger partial charge on any atom is 0.371 e. The van der Waals surface area contributed by atoms with Gasteiger partial charge in [0.2, 0.25) is 6.29 Å². The number of hydrogen-bond acceptors (Lipinski definition) is 3. The second kappa shape index (κ2) is 12.7. The Morgan fingerprint density at radius 2 is 1.96 bits per heavy atom. The zero-order chi connectivity index (χ0) is 17.6. The quantitative estimate of drug-likeness (QED) is 0.169. The largest absolute Gasteiger partial charge is 0.456 e. The Balaban J connectivity index is 2.31. The first-order valence-corrected chi connectivity index (χ1v) is 9.34. The second-order valence-corrected chi connectivity index (χ2v) is 6.59. The fourth-order valence-corrected chi connectivity index (χ4v) is 3.01. The van der Waals surface area contributed by atoms with E-state index in [9.17, 15) is 9.59 Å². The van der Waals surface area contributed by atoms with Crippen LogP contribution in [0.25, 0.3) is 0 Å². The van der Waals surface area contributed by atoms with Crippen LogP contribution in [0.5, 0.6) is 0 Å². The summed E-state index contributed by atoms with van der Waals surface area (Å²) < 4.78 is 5.17. The van der Waals surface area contributed by atoms with Gasteiger partial charge in [0, 0.05) is 5.92 Å². The van der Waals surface area contributed by atoms with E-state index in [1.165, 1.54) is 37.7 Å². The summed E-state index contributed by atoms with van der Waals surface area (Å²) in [6, 6.07) is 0. The molecule has 0 aromatic rings. The van der Waals surface area contributed by atoms with Gasteiger partial charge < -0.3 is 4.74 Å². The van der Waals surface area contributed by atoms with E-state index in [1.54, 1.807) is 0 Å². The average Bonchev–Trinajstić information content (AvgIpc) is 3.02. The highest BCUT2D eigenvalue weighted by molar-refractivity contribution is 6.20. The first-order valence-electron chi connectivity index (χ1n) is 9.34. The number of rotatable bonds is 11. The van der Waals surface area contributed by atoms with Crippen LogP contribution in [0.4, 0.5) is 0 Å². The summed E-state index contributed by atoms with van der Waals surface area (Å²) in [6.07, 6.45) is 21.4. The van der Waals surface area contributed by atoms with Gasteiger partial charge in [-0.1, -0.05) is 68.6 Å². The van der Waals surface area contributed by atoms with E-state index in [2.05, 4.69) is 44.2 Å². The van der Waals surface area contributed by atoms with E-state index in [0.29, 0.717) is 0 Å². The van der Waals surface area contributed by atoms with Crippen LogP contribution < -0.4 is 0 Å². The summed E-state index contributed by atoms with van der Waals surface area (Å²) in [5.41, 5.74) is 1.18. The Hall–Kier alpha value is -1.64. The van der Waals surface area contributed by atoms with Crippen LogP contribution in [0.2, 0.25) is 0 Å². The highest BCUT2D eigenvalue weighted by Crippen LogP contribution is 2.29. The number of unbranched alkanes of at least 4 members (excludes halogenated alkanes) is 5. The predicted molar refractivity (Wildman–Crippen MR) is 98.7 cm³/mol. The molecule has 24 heavy (non-hydrogen) atoms. The Morgan fingerprint density at radius 1 is 1.17 bits per heavy atom. The minimum Gasteiger partial charge on any atom is -0.456 e. The van der Waals surface area contributed by atoms with Gasteiger partial charge in [0.1, 0.15) is 6.10 Å². The fraction of sp³-hybridized carbons (Fsp3) is 0.619. The molecule has 1 fully saturated rings. The standard InChI is InChI=1S/C21H32O3/c1-3-4-5-6-7-8-9-10-12-18(2)15-16-19-13-11-14-20(19)24-21(23)17-22/h9-10,12,15-17,19-20H,3-8,11,13-14H2,1-2H3/b10-9+,16-15+,18-12+/t19-,20+/m1/s1. The lowest BCUT2D eigenvalue weighted by molar-refractivity contribution is -0.153. The van der Waals surface area contributed by atoms with Gasteiger partial charge in [0.05, 0.1) is 0 Å². The Morgan fingerprint density at radius 3 is 2.71 bits per heavy atom. The van der Waals surface area contributed by atoms with Crippen LogP contribution in [-0.4, -0.2) is 18.4 Å². The molecule has 1 aliphatic carbocycles. The van der Waals surface area contributed by atoms with Crippen molar-refractivity contribution < 1.29 is 14.3 Å². The first-order chi connectivity index (χ1) is 11.7. The summed E-state index contributed by atoms with van der Waals surface area (Å²) >= 11 is 0. The molecule has 0 amide bonds. The number of esters is 1. The van der Waals surface area contributed by atoms with Crippen LogP contribution in [0.3, 0.4) is 0 Å². The van der Waals surface area contributed by atoms with Crippen LogP contribution in [0.1, 0.15) is 71.6 Å². The molecule has 3 heteroatoms. The van der Waals surface area contributed by atoms with E-state index in [0.717, 1.165) is 25.7 Å². The van der Waals surface area contributed by atoms with E-state index in [4.69, 9.17) is 4.74 Å². The van der Waals surface area contributed by atoms with Gasteiger partial charge in [-0.2, -0.15) is 0 Å². The van der Waals surface area contributed by atoms with E-state index in [1.807, 2.05) is 0 Å². The Bertz CT molecular complexity index is 460. The van der Waals surface area contributed by atoms with Crippen molar-refractivity contribution in [2.45, 2.75) is 77.7 Å². The van der Waals surface area contributed by atoms with Crippen molar-refractivity contribution in [3.05, 3.63) is 36.0 Å². The number of hydrogen-bond donors (Lipinski definition) is 0. The Kier molecular flexibility index (Phi) is 10.8. The summed E-state index contributed by atoms with van der Waals surface area (Å²) in [7, 11) is 0. The van der Waals surface area contributed by atoms with Crippen molar-refractivity contribution in [1.29, 1.82) is 0 Å². The molecule has 3 nitrogen and oxygen atoms in total. The Labute approximate surface area is 146 Å². The molecule has 1 rings (SSSR count). The van der Waals surface area contributed by atoms with Crippen molar-refractivity contribution in [2.75, 3.05) is 0 Å². The lowest BCUT2D eigenvalue weighted by Gasteiger charge is -2.15. The monoisotopic (exact) mass is 332 g/mol. The predicted octanol–water partition coefficient (Wildman–Crippen LogP) is 5.32. The van der Waals surface area contributed by atoms with Crippen LogP contribution in [-0.2, 0) is 14.3 Å². The van der Waals surface area contributed by atoms with Gasteiger partial charge in [0.25, 0.3) is 0 Å². The third kappa shape index (κ3) is 8.85.